The number of hydrogen-bond acceptors (Lipinski definition) is 3. The van der Waals surface area contributed by atoms with Crippen LogP contribution in [0.25, 0.3) is 0 Å². The first-order valence-electron chi connectivity index (χ1n) is 4.57. The van der Waals surface area contributed by atoms with Crippen LogP contribution in [0.2, 0.25) is 0 Å². The van der Waals surface area contributed by atoms with E-state index in [1.807, 2.05) is 0 Å². The Bertz CT molecular complexity index is 603. The summed E-state index contributed by atoms with van der Waals surface area (Å²) in [5, 5.41) is 2.39. The minimum absolute atomic E-state index is 0.133. The molecule has 4 nitrogen and oxygen atoms in total. The molecule has 0 radical (unpaired) electrons. The molecule has 0 aliphatic rings. The molecule has 0 bridgehead atoms. The van der Waals surface area contributed by atoms with Crippen molar-refractivity contribution in [2.75, 3.05) is 6.54 Å². The number of hydrogen-bond donors (Lipinski definition) is 1. The van der Waals surface area contributed by atoms with Gasteiger partial charge in [-0.25, -0.2) is 12.8 Å². The average molecular weight is 357 g/mol. The first-order valence-corrected chi connectivity index (χ1v) is 7.67. The molecule has 1 aromatic rings. The third kappa shape index (κ3) is 4.08. The number of carbonyl (C=O) groups excluding carboxylic acids is 1. The van der Waals surface area contributed by atoms with E-state index in [0.717, 1.165) is 12.1 Å². The quantitative estimate of drug-likeness (QED) is 0.843. The van der Waals surface area contributed by atoms with Gasteiger partial charge >= 0.3 is 0 Å². The third-order valence-corrected chi connectivity index (χ3v) is 3.54. The Morgan fingerprint density at radius 3 is 2.56 bits per heavy atom. The Kier molecular flexibility index (Phi) is 4.89. The van der Waals surface area contributed by atoms with Crippen molar-refractivity contribution in [1.29, 1.82) is 0 Å². The van der Waals surface area contributed by atoms with Crippen LogP contribution >= 0.6 is 26.6 Å². The second-order valence-corrected chi connectivity index (χ2v) is 6.97. The first-order chi connectivity index (χ1) is 8.21. The summed E-state index contributed by atoms with van der Waals surface area (Å²) in [6, 6.07) is 2.81. The Balaban J connectivity index is 2.99. The van der Waals surface area contributed by atoms with Crippen molar-refractivity contribution in [3.8, 4) is 0 Å². The van der Waals surface area contributed by atoms with Gasteiger partial charge in [0.15, 0.2) is 0 Å². The minimum Gasteiger partial charge on any atom is -0.347 e. The second kappa shape index (κ2) is 5.81. The van der Waals surface area contributed by atoms with E-state index in [-0.39, 0.29) is 12.1 Å². The lowest BCUT2D eigenvalue weighted by molar-refractivity contribution is 0.0953. The Hall–Kier alpha value is -0.920. The van der Waals surface area contributed by atoms with Crippen LogP contribution in [0.3, 0.4) is 0 Å². The van der Waals surface area contributed by atoms with Crippen LogP contribution in [-0.2, 0) is 9.05 Å². The number of nitrogens with one attached hydrogen (secondary N) is 1. The van der Waals surface area contributed by atoms with E-state index in [1.54, 1.807) is 0 Å². The molecule has 0 saturated carbocycles. The molecule has 0 aliphatic carbocycles. The van der Waals surface area contributed by atoms with Crippen LogP contribution in [0.15, 0.2) is 34.2 Å². The molecule has 0 fully saturated rings. The summed E-state index contributed by atoms with van der Waals surface area (Å²) in [4.78, 5) is 11.1. The largest absolute Gasteiger partial charge is 0.347 e. The third-order valence-electron chi connectivity index (χ3n) is 1.91. The van der Waals surface area contributed by atoms with Gasteiger partial charge in [-0.05, 0) is 18.2 Å². The zero-order valence-corrected chi connectivity index (χ0v) is 12.1. The molecule has 0 saturated heterocycles. The standard InChI is InChI=1S/C10H8BrClFNO3S/c1-6(11)5-14-10(15)8-3-2-7(4-9(8)13)18(12,16)17/h2-4H,1,5H2,(H,14,15). The molecule has 1 amide bonds. The fourth-order valence-electron chi connectivity index (χ4n) is 1.10. The summed E-state index contributed by atoms with van der Waals surface area (Å²) in [6.07, 6.45) is 0. The maximum atomic E-state index is 13.5. The van der Waals surface area contributed by atoms with Gasteiger partial charge in [0.05, 0.1) is 10.5 Å². The van der Waals surface area contributed by atoms with Crippen molar-refractivity contribution < 1.29 is 17.6 Å². The maximum absolute atomic E-state index is 13.5. The van der Waals surface area contributed by atoms with E-state index in [2.05, 4.69) is 27.8 Å². The predicted octanol–water partition coefficient (Wildman–Crippen LogP) is 2.39. The molecule has 18 heavy (non-hydrogen) atoms. The van der Waals surface area contributed by atoms with Crippen molar-refractivity contribution in [3.05, 3.63) is 40.6 Å². The summed E-state index contributed by atoms with van der Waals surface area (Å²) >= 11 is 3.03. The van der Waals surface area contributed by atoms with E-state index in [4.69, 9.17) is 10.7 Å². The Morgan fingerprint density at radius 1 is 1.50 bits per heavy atom. The number of benzene rings is 1. The molecular weight excluding hydrogens is 349 g/mol. The van der Waals surface area contributed by atoms with Crippen molar-refractivity contribution in [2.45, 2.75) is 4.90 Å². The predicted molar refractivity (Wildman–Crippen MR) is 69.8 cm³/mol. The zero-order chi connectivity index (χ0) is 13.9. The van der Waals surface area contributed by atoms with Crippen LogP contribution in [0, 0.1) is 5.82 Å². The van der Waals surface area contributed by atoms with Crippen LogP contribution in [0.1, 0.15) is 10.4 Å². The van der Waals surface area contributed by atoms with Gasteiger partial charge in [-0.1, -0.05) is 22.5 Å². The highest BCUT2D eigenvalue weighted by atomic mass is 79.9. The van der Waals surface area contributed by atoms with Crippen molar-refractivity contribution in [3.63, 3.8) is 0 Å². The molecule has 1 aromatic carbocycles. The summed E-state index contributed by atoms with van der Waals surface area (Å²) in [7, 11) is 1.04. The summed E-state index contributed by atoms with van der Waals surface area (Å²) in [6.45, 7) is 3.63. The molecule has 1 rings (SSSR count). The van der Waals surface area contributed by atoms with Crippen molar-refractivity contribution in [2.24, 2.45) is 0 Å². The lowest BCUT2D eigenvalue weighted by Crippen LogP contribution is -2.25. The highest BCUT2D eigenvalue weighted by Gasteiger charge is 2.16. The number of halogens is 3. The fraction of sp³-hybridized carbons (Fsp3) is 0.100. The first kappa shape index (κ1) is 15.1. The maximum Gasteiger partial charge on any atom is 0.261 e. The molecule has 0 unspecified atom stereocenters. The SMILES string of the molecule is C=C(Br)CNC(=O)c1ccc(S(=O)(=O)Cl)cc1F. The Labute approximate surface area is 116 Å². The molecule has 1 N–H and O–H groups in total. The van der Waals surface area contributed by atoms with Gasteiger partial charge in [0.1, 0.15) is 5.82 Å². The van der Waals surface area contributed by atoms with Crippen LogP contribution < -0.4 is 5.32 Å². The van der Waals surface area contributed by atoms with E-state index in [9.17, 15) is 17.6 Å². The van der Waals surface area contributed by atoms with E-state index >= 15 is 0 Å². The average Bonchev–Trinajstić information content (AvgIpc) is 2.24. The molecule has 98 valence electrons. The normalized spacial score (nSPS) is 11.1. The molecule has 0 heterocycles. The van der Waals surface area contributed by atoms with E-state index in [0.29, 0.717) is 10.5 Å². The number of carbonyl (C=O) groups is 1. The number of rotatable bonds is 4. The molecule has 0 spiro atoms. The Morgan fingerprint density at radius 2 is 2.11 bits per heavy atom. The van der Waals surface area contributed by atoms with Crippen LogP contribution in [-0.4, -0.2) is 20.9 Å². The van der Waals surface area contributed by atoms with Gasteiger partial charge in [0, 0.05) is 21.7 Å². The van der Waals surface area contributed by atoms with Crippen LogP contribution in [0.4, 0.5) is 4.39 Å². The van der Waals surface area contributed by atoms with Gasteiger partial charge in [0.2, 0.25) is 0 Å². The minimum atomic E-state index is -4.01. The summed E-state index contributed by atoms with van der Waals surface area (Å²) < 4.78 is 36.0. The molecule has 0 aliphatic heterocycles. The summed E-state index contributed by atoms with van der Waals surface area (Å²) in [5.74, 6) is -1.64. The molecule has 0 aromatic heterocycles. The zero-order valence-electron chi connectivity index (χ0n) is 8.91. The lowest BCUT2D eigenvalue weighted by atomic mass is 10.2. The molecule has 0 atom stereocenters. The topological polar surface area (TPSA) is 63.2 Å². The van der Waals surface area contributed by atoms with Crippen molar-refractivity contribution >= 4 is 41.6 Å². The number of amides is 1. The fourth-order valence-corrected chi connectivity index (χ4v) is 2.01. The smallest absolute Gasteiger partial charge is 0.261 e. The van der Waals surface area contributed by atoms with Crippen molar-refractivity contribution in [1.82, 2.24) is 5.32 Å². The molecule has 8 heteroatoms. The van der Waals surface area contributed by atoms with E-state index < -0.39 is 25.7 Å². The van der Waals surface area contributed by atoms with E-state index in [1.165, 1.54) is 0 Å². The lowest BCUT2D eigenvalue weighted by Gasteiger charge is -2.06. The monoisotopic (exact) mass is 355 g/mol. The van der Waals surface area contributed by atoms with Gasteiger partial charge in [-0.3, -0.25) is 4.79 Å². The highest BCUT2D eigenvalue weighted by Crippen LogP contribution is 2.18. The molecular formula is C10H8BrClFNO3S. The summed E-state index contributed by atoms with van der Waals surface area (Å²) in [5.41, 5.74) is -0.271. The van der Waals surface area contributed by atoms with Gasteiger partial charge < -0.3 is 5.32 Å². The van der Waals surface area contributed by atoms with Gasteiger partial charge in [-0.15, -0.1) is 0 Å². The van der Waals surface area contributed by atoms with Gasteiger partial charge in [-0.2, -0.15) is 0 Å². The van der Waals surface area contributed by atoms with Gasteiger partial charge in [0.25, 0.3) is 15.0 Å². The van der Waals surface area contributed by atoms with Crippen LogP contribution in [0.5, 0.6) is 0 Å². The highest BCUT2D eigenvalue weighted by molar-refractivity contribution is 9.11. The second-order valence-electron chi connectivity index (χ2n) is 3.28.